The molecule has 0 heterocycles. The maximum Gasteiger partial charge on any atom is 0.261 e. The molecule has 0 fully saturated rings. The molecule has 0 aliphatic rings. The number of rotatable bonds is 3. The van der Waals surface area contributed by atoms with E-state index in [9.17, 15) is 4.79 Å². The number of hydrogen-bond donors (Lipinski definition) is 2. The fraction of sp³-hybridized carbons (Fsp3) is 0.0667. The van der Waals surface area contributed by atoms with Crippen LogP contribution in [-0.2, 0) is 6.54 Å². The van der Waals surface area contributed by atoms with Crippen LogP contribution < -0.4 is 10.0 Å². The molecule has 1 amide bonds. The van der Waals surface area contributed by atoms with E-state index in [1.165, 1.54) is 0 Å². The average molecular weight is 337 g/mol. The van der Waals surface area contributed by atoms with Crippen LogP contribution in [0.25, 0.3) is 0 Å². The predicted octanol–water partition coefficient (Wildman–Crippen LogP) is 3.79. The van der Waals surface area contributed by atoms with Gasteiger partial charge in [-0.1, -0.05) is 54.2 Å². The lowest BCUT2D eigenvalue weighted by atomic mass is 10.2. The number of hydrogen-bond acceptors (Lipinski definition) is 3. The van der Waals surface area contributed by atoms with Gasteiger partial charge in [0.2, 0.25) is 0 Å². The van der Waals surface area contributed by atoms with Gasteiger partial charge in [-0.15, -0.1) is 0 Å². The third kappa shape index (κ3) is 5.38. The van der Waals surface area contributed by atoms with Crippen molar-refractivity contribution in [1.29, 1.82) is 0 Å². The molecule has 6 heteroatoms. The minimum absolute atomic E-state index is 0.208. The van der Waals surface area contributed by atoms with E-state index < -0.39 is 0 Å². The van der Waals surface area contributed by atoms with Gasteiger partial charge >= 0.3 is 0 Å². The van der Waals surface area contributed by atoms with Crippen LogP contribution in [0, 0.1) is 0 Å². The van der Waals surface area contributed by atoms with E-state index >= 15 is 0 Å². The molecule has 21 heavy (non-hydrogen) atoms. The third-order valence-corrected chi connectivity index (χ3v) is 3.89. The van der Waals surface area contributed by atoms with E-state index in [-0.39, 0.29) is 5.91 Å². The summed E-state index contributed by atoms with van der Waals surface area (Å²) in [6.07, 6.45) is 0. The lowest BCUT2D eigenvalue weighted by Gasteiger charge is -2.08. The minimum atomic E-state index is -0.208. The van der Waals surface area contributed by atoms with Gasteiger partial charge in [-0.25, -0.2) is 0 Å². The molecule has 0 saturated carbocycles. The number of benzene rings is 2. The quantitative estimate of drug-likeness (QED) is 0.661. The number of amides is 1. The molecule has 108 valence electrons. The van der Waals surface area contributed by atoms with Gasteiger partial charge in [0, 0.05) is 29.1 Å². The van der Waals surface area contributed by atoms with Crippen LogP contribution >= 0.6 is 35.8 Å². The Balaban J connectivity index is 1.76. The van der Waals surface area contributed by atoms with E-state index in [0.29, 0.717) is 21.5 Å². The van der Waals surface area contributed by atoms with Gasteiger partial charge in [0.25, 0.3) is 5.91 Å². The standard InChI is InChI=1S/C15H13ClN2OS2/c16-13-8-6-12(7-9-13)14(19)18-21-15(20)17-10-11-4-2-1-3-5-11/h1-9H,10H2,(H,17,20)(H,18,19). The monoisotopic (exact) mass is 336 g/mol. The van der Waals surface area contributed by atoms with Crippen LogP contribution in [0.15, 0.2) is 54.6 Å². The first-order valence-electron chi connectivity index (χ1n) is 6.19. The Hall–Kier alpha value is -1.56. The zero-order valence-corrected chi connectivity index (χ0v) is 13.4. The van der Waals surface area contributed by atoms with Crippen LogP contribution in [-0.4, -0.2) is 10.2 Å². The Morgan fingerprint density at radius 1 is 1.10 bits per heavy atom. The Morgan fingerprint density at radius 2 is 1.76 bits per heavy atom. The second-order valence-electron chi connectivity index (χ2n) is 4.17. The van der Waals surface area contributed by atoms with Gasteiger partial charge < -0.3 is 5.32 Å². The molecule has 0 aliphatic heterocycles. The Morgan fingerprint density at radius 3 is 2.43 bits per heavy atom. The van der Waals surface area contributed by atoms with Crippen molar-refractivity contribution in [2.24, 2.45) is 0 Å². The van der Waals surface area contributed by atoms with Crippen molar-refractivity contribution in [1.82, 2.24) is 10.0 Å². The lowest BCUT2D eigenvalue weighted by Crippen LogP contribution is -2.24. The number of nitrogens with one attached hydrogen (secondary N) is 2. The predicted molar refractivity (Wildman–Crippen MR) is 92.4 cm³/mol. The first kappa shape index (κ1) is 15.8. The summed E-state index contributed by atoms with van der Waals surface area (Å²) in [6.45, 7) is 0.628. The highest BCUT2D eigenvalue weighted by Gasteiger charge is 2.06. The number of carbonyl (C=O) groups is 1. The topological polar surface area (TPSA) is 41.1 Å². The van der Waals surface area contributed by atoms with Crippen molar-refractivity contribution >= 4 is 46.0 Å². The second kappa shape index (κ2) is 8.02. The van der Waals surface area contributed by atoms with Crippen molar-refractivity contribution in [3.05, 3.63) is 70.7 Å². The Kier molecular flexibility index (Phi) is 6.04. The van der Waals surface area contributed by atoms with E-state index in [1.54, 1.807) is 24.3 Å². The Labute approximate surface area is 138 Å². The highest BCUT2D eigenvalue weighted by molar-refractivity contribution is 8.22. The zero-order chi connectivity index (χ0) is 15.1. The van der Waals surface area contributed by atoms with Crippen LogP contribution in [0.5, 0.6) is 0 Å². The molecule has 2 N–H and O–H groups in total. The van der Waals surface area contributed by atoms with E-state index in [2.05, 4.69) is 10.0 Å². The van der Waals surface area contributed by atoms with Gasteiger partial charge in [-0.3, -0.25) is 9.52 Å². The van der Waals surface area contributed by atoms with Crippen molar-refractivity contribution in [3.8, 4) is 0 Å². The van der Waals surface area contributed by atoms with Crippen LogP contribution in [0.4, 0.5) is 0 Å². The minimum Gasteiger partial charge on any atom is -0.366 e. The van der Waals surface area contributed by atoms with Crippen molar-refractivity contribution in [2.45, 2.75) is 6.54 Å². The molecule has 0 atom stereocenters. The van der Waals surface area contributed by atoms with Crippen LogP contribution in [0.1, 0.15) is 15.9 Å². The Bertz CT molecular complexity index is 617. The van der Waals surface area contributed by atoms with Gasteiger partial charge in [-0.2, -0.15) is 0 Å². The summed E-state index contributed by atoms with van der Waals surface area (Å²) in [7, 11) is 0. The van der Waals surface area contributed by atoms with E-state index in [4.69, 9.17) is 23.8 Å². The van der Waals surface area contributed by atoms with Gasteiger partial charge in [0.15, 0.2) is 4.32 Å². The normalized spacial score (nSPS) is 9.95. The molecule has 0 radical (unpaired) electrons. The molecular weight excluding hydrogens is 324 g/mol. The van der Waals surface area contributed by atoms with Crippen molar-refractivity contribution in [3.63, 3.8) is 0 Å². The van der Waals surface area contributed by atoms with E-state index in [0.717, 1.165) is 17.5 Å². The summed E-state index contributed by atoms with van der Waals surface area (Å²) < 4.78 is 3.20. The number of thiocarbonyl (C=S) groups is 1. The van der Waals surface area contributed by atoms with E-state index in [1.807, 2.05) is 30.3 Å². The molecule has 3 nitrogen and oxygen atoms in total. The molecule has 0 bridgehead atoms. The van der Waals surface area contributed by atoms with Gasteiger partial charge in [0.1, 0.15) is 0 Å². The molecule has 2 aromatic rings. The molecule has 0 saturated heterocycles. The smallest absolute Gasteiger partial charge is 0.261 e. The molecule has 2 rings (SSSR count). The van der Waals surface area contributed by atoms with Gasteiger partial charge in [0.05, 0.1) is 0 Å². The fourth-order valence-corrected chi connectivity index (χ4v) is 2.33. The lowest BCUT2D eigenvalue weighted by molar-refractivity contribution is 0.0984. The third-order valence-electron chi connectivity index (χ3n) is 2.62. The first-order valence-corrected chi connectivity index (χ1v) is 7.80. The van der Waals surface area contributed by atoms with Gasteiger partial charge in [-0.05, 0) is 29.8 Å². The summed E-state index contributed by atoms with van der Waals surface area (Å²) in [5.41, 5.74) is 1.67. The zero-order valence-electron chi connectivity index (χ0n) is 11.0. The molecular formula is C15H13ClN2OS2. The van der Waals surface area contributed by atoms with Crippen LogP contribution in [0.3, 0.4) is 0 Å². The van der Waals surface area contributed by atoms with Crippen molar-refractivity contribution < 1.29 is 4.79 Å². The summed E-state index contributed by atoms with van der Waals surface area (Å²) in [5, 5.41) is 3.67. The first-order chi connectivity index (χ1) is 10.1. The molecule has 0 aromatic heterocycles. The average Bonchev–Trinajstić information content (AvgIpc) is 2.52. The molecule has 2 aromatic carbocycles. The summed E-state index contributed by atoms with van der Waals surface area (Å²) in [5.74, 6) is -0.208. The second-order valence-corrected chi connectivity index (χ2v) is 6.09. The fourth-order valence-electron chi connectivity index (χ4n) is 1.56. The summed E-state index contributed by atoms with van der Waals surface area (Å²) in [6, 6.07) is 16.6. The SMILES string of the molecule is O=C(NSC(=S)NCc1ccccc1)c1ccc(Cl)cc1. The number of halogens is 1. The van der Waals surface area contributed by atoms with Crippen LogP contribution in [0.2, 0.25) is 5.02 Å². The maximum absolute atomic E-state index is 11.9. The highest BCUT2D eigenvalue weighted by Crippen LogP contribution is 2.10. The largest absolute Gasteiger partial charge is 0.366 e. The molecule has 0 spiro atoms. The van der Waals surface area contributed by atoms with Crippen molar-refractivity contribution in [2.75, 3.05) is 0 Å². The summed E-state index contributed by atoms with van der Waals surface area (Å²) >= 11 is 12.0. The maximum atomic E-state index is 11.9. The number of carbonyl (C=O) groups excluding carboxylic acids is 1. The molecule has 0 aliphatic carbocycles. The summed E-state index contributed by atoms with van der Waals surface area (Å²) in [4.78, 5) is 11.9. The molecule has 0 unspecified atom stereocenters. The highest BCUT2D eigenvalue weighted by atomic mass is 35.5.